The molecule has 134 valence electrons. The summed E-state index contributed by atoms with van der Waals surface area (Å²) in [5, 5.41) is 3.87. The molecule has 0 spiro atoms. The van der Waals surface area contributed by atoms with E-state index in [9.17, 15) is 4.79 Å². The summed E-state index contributed by atoms with van der Waals surface area (Å²) in [6, 6.07) is 23.4. The van der Waals surface area contributed by atoms with Gasteiger partial charge in [0.1, 0.15) is 0 Å². The summed E-state index contributed by atoms with van der Waals surface area (Å²) in [6.07, 6.45) is 0. The molecule has 1 amide bonds. The highest BCUT2D eigenvalue weighted by Gasteiger charge is 2.13. The molecule has 1 heterocycles. The van der Waals surface area contributed by atoms with Crippen LogP contribution in [0.5, 0.6) is 0 Å². The molecule has 0 fully saturated rings. The molecular weight excluding hydrogens is 354 g/mol. The highest BCUT2D eigenvalue weighted by atomic mass is 32.2. The Morgan fingerprint density at radius 1 is 1.00 bits per heavy atom. The van der Waals surface area contributed by atoms with Crippen molar-refractivity contribution in [1.29, 1.82) is 0 Å². The van der Waals surface area contributed by atoms with Gasteiger partial charge in [-0.25, -0.2) is 4.98 Å². The van der Waals surface area contributed by atoms with Gasteiger partial charge >= 0.3 is 0 Å². The average molecular weight is 373 g/mol. The first-order valence-corrected chi connectivity index (χ1v) is 9.72. The summed E-state index contributed by atoms with van der Waals surface area (Å²) in [5.74, 6) is 0.571. The zero-order valence-electron chi connectivity index (χ0n) is 14.9. The van der Waals surface area contributed by atoms with Crippen molar-refractivity contribution in [2.45, 2.75) is 17.8 Å². The van der Waals surface area contributed by atoms with Crippen LogP contribution in [0.3, 0.4) is 0 Å². The minimum absolute atomic E-state index is 0.0925. The van der Waals surface area contributed by atoms with Crippen LogP contribution in [-0.4, -0.2) is 15.9 Å². The normalized spacial score (nSPS) is 10.9. The zero-order chi connectivity index (χ0) is 18.6. The molecule has 0 aliphatic carbocycles. The van der Waals surface area contributed by atoms with Crippen LogP contribution in [0.4, 0.5) is 5.69 Å². The molecule has 27 heavy (non-hydrogen) atoms. The van der Waals surface area contributed by atoms with Crippen molar-refractivity contribution in [2.75, 3.05) is 5.32 Å². The molecule has 4 aromatic rings. The van der Waals surface area contributed by atoms with Gasteiger partial charge in [0.25, 0.3) is 5.91 Å². The van der Waals surface area contributed by atoms with Crippen molar-refractivity contribution < 1.29 is 4.79 Å². The summed E-state index contributed by atoms with van der Waals surface area (Å²) in [5.41, 5.74) is 5.51. The molecule has 0 saturated heterocycles. The number of hydrogen-bond donors (Lipinski definition) is 2. The van der Waals surface area contributed by atoms with Crippen LogP contribution in [0.25, 0.3) is 11.0 Å². The van der Waals surface area contributed by atoms with E-state index in [1.165, 1.54) is 0 Å². The molecule has 0 bridgehead atoms. The molecule has 1 aromatic heterocycles. The Hall–Kier alpha value is -3.05. The van der Waals surface area contributed by atoms with Gasteiger partial charge in [-0.15, -0.1) is 0 Å². The molecule has 0 unspecified atom stereocenters. The molecule has 5 heteroatoms. The second-order valence-electron chi connectivity index (χ2n) is 6.27. The third kappa shape index (κ3) is 3.88. The SMILES string of the molecule is Cc1ccccc1NC(=O)c1ccccc1CSc1nc2ccccc2[nH]1. The minimum Gasteiger partial charge on any atom is -0.333 e. The molecular formula is C22H19N3OS. The van der Waals surface area contributed by atoms with E-state index in [0.29, 0.717) is 11.3 Å². The number of rotatable bonds is 5. The molecule has 0 radical (unpaired) electrons. The van der Waals surface area contributed by atoms with Crippen LogP contribution in [0.2, 0.25) is 0 Å². The summed E-state index contributed by atoms with van der Waals surface area (Å²) in [6.45, 7) is 1.99. The number of aromatic amines is 1. The van der Waals surface area contributed by atoms with E-state index < -0.39 is 0 Å². The third-order valence-electron chi connectivity index (χ3n) is 4.39. The quantitative estimate of drug-likeness (QED) is 0.460. The Labute approximate surface area is 162 Å². The lowest BCUT2D eigenvalue weighted by Gasteiger charge is -2.11. The lowest BCUT2D eigenvalue weighted by atomic mass is 10.1. The monoisotopic (exact) mass is 373 g/mol. The molecule has 4 rings (SSSR count). The van der Waals surface area contributed by atoms with E-state index in [1.807, 2.05) is 79.7 Å². The second-order valence-corrected chi connectivity index (χ2v) is 7.24. The maximum absolute atomic E-state index is 12.8. The average Bonchev–Trinajstić information content (AvgIpc) is 3.11. The standard InChI is InChI=1S/C22H19N3OS/c1-15-8-2-5-11-18(15)23-21(26)17-10-4-3-9-16(17)14-27-22-24-19-12-6-7-13-20(19)25-22/h2-13H,14H2,1H3,(H,23,26)(H,24,25). The Bertz CT molecular complexity index is 1070. The van der Waals surface area contributed by atoms with Gasteiger partial charge < -0.3 is 10.3 Å². The van der Waals surface area contributed by atoms with Crippen LogP contribution in [-0.2, 0) is 5.75 Å². The smallest absolute Gasteiger partial charge is 0.255 e. The molecule has 0 aliphatic heterocycles. The van der Waals surface area contributed by atoms with E-state index in [-0.39, 0.29) is 5.91 Å². The number of H-pyrrole nitrogens is 1. The summed E-state index contributed by atoms with van der Waals surface area (Å²) >= 11 is 1.59. The highest BCUT2D eigenvalue weighted by Crippen LogP contribution is 2.25. The van der Waals surface area contributed by atoms with E-state index in [1.54, 1.807) is 11.8 Å². The Balaban J connectivity index is 1.52. The zero-order valence-corrected chi connectivity index (χ0v) is 15.7. The number of fused-ring (bicyclic) bond motifs is 1. The van der Waals surface area contributed by atoms with Crippen molar-refractivity contribution in [1.82, 2.24) is 9.97 Å². The number of para-hydroxylation sites is 3. The Morgan fingerprint density at radius 3 is 2.59 bits per heavy atom. The second kappa shape index (κ2) is 7.68. The van der Waals surface area contributed by atoms with E-state index in [2.05, 4.69) is 15.3 Å². The van der Waals surface area contributed by atoms with Crippen LogP contribution >= 0.6 is 11.8 Å². The molecule has 0 atom stereocenters. The predicted octanol–water partition coefficient (Wildman–Crippen LogP) is 5.42. The number of carbonyl (C=O) groups excluding carboxylic acids is 1. The lowest BCUT2D eigenvalue weighted by Crippen LogP contribution is -2.14. The number of aromatic nitrogens is 2. The van der Waals surface area contributed by atoms with Crippen LogP contribution in [0.15, 0.2) is 78.0 Å². The minimum atomic E-state index is -0.0925. The number of amides is 1. The largest absolute Gasteiger partial charge is 0.333 e. The first-order valence-electron chi connectivity index (χ1n) is 8.73. The number of anilines is 1. The van der Waals surface area contributed by atoms with Gasteiger partial charge in [0.15, 0.2) is 5.16 Å². The third-order valence-corrected chi connectivity index (χ3v) is 5.31. The summed E-state index contributed by atoms with van der Waals surface area (Å²) in [7, 11) is 0. The molecule has 0 aliphatic rings. The topological polar surface area (TPSA) is 57.8 Å². The number of thioether (sulfide) groups is 1. The lowest BCUT2D eigenvalue weighted by molar-refractivity contribution is 0.102. The van der Waals surface area contributed by atoms with Crippen LogP contribution < -0.4 is 5.32 Å². The summed E-state index contributed by atoms with van der Waals surface area (Å²) < 4.78 is 0. The van der Waals surface area contributed by atoms with Crippen molar-refractivity contribution in [2.24, 2.45) is 0 Å². The maximum atomic E-state index is 12.8. The Kier molecular flexibility index (Phi) is 4.94. The molecule has 3 aromatic carbocycles. The van der Waals surface area contributed by atoms with E-state index in [0.717, 1.165) is 33.0 Å². The molecule has 4 nitrogen and oxygen atoms in total. The van der Waals surface area contributed by atoms with Gasteiger partial charge in [-0.05, 0) is 42.3 Å². The number of carbonyl (C=O) groups is 1. The van der Waals surface area contributed by atoms with Gasteiger partial charge in [-0.2, -0.15) is 0 Å². The first-order chi connectivity index (χ1) is 13.2. The molecule has 0 saturated carbocycles. The number of nitrogens with one attached hydrogen (secondary N) is 2. The van der Waals surface area contributed by atoms with Crippen molar-refractivity contribution >= 4 is 34.4 Å². The number of hydrogen-bond acceptors (Lipinski definition) is 3. The van der Waals surface area contributed by atoms with Crippen molar-refractivity contribution in [3.63, 3.8) is 0 Å². The number of benzene rings is 3. The van der Waals surface area contributed by atoms with E-state index in [4.69, 9.17) is 0 Å². The van der Waals surface area contributed by atoms with Crippen LogP contribution in [0, 0.1) is 6.92 Å². The fourth-order valence-electron chi connectivity index (χ4n) is 2.91. The fraction of sp³-hybridized carbons (Fsp3) is 0.0909. The molecule has 2 N–H and O–H groups in total. The van der Waals surface area contributed by atoms with Crippen molar-refractivity contribution in [3.05, 3.63) is 89.5 Å². The van der Waals surface area contributed by atoms with Gasteiger partial charge in [0.2, 0.25) is 0 Å². The number of aryl methyl sites for hydroxylation is 1. The van der Waals surface area contributed by atoms with Gasteiger partial charge in [0, 0.05) is 17.0 Å². The maximum Gasteiger partial charge on any atom is 0.255 e. The number of imidazole rings is 1. The van der Waals surface area contributed by atoms with Gasteiger partial charge in [0.05, 0.1) is 11.0 Å². The van der Waals surface area contributed by atoms with Crippen molar-refractivity contribution in [3.8, 4) is 0 Å². The van der Waals surface area contributed by atoms with Crippen LogP contribution in [0.1, 0.15) is 21.5 Å². The van der Waals surface area contributed by atoms with E-state index >= 15 is 0 Å². The first kappa shape index (κ1) is 17.4. The Morgan fingerprint density at radius 2 is 1.74 bits per heavy atom. The predicted molar refractivity (Wildman–Crippen MR) is 111 cm³/mol. The van der Waals surface area contributed by atoms with Gasteiger partial charge in [-0.1, -0.05) is 60.3 Å². The van der Waals surface area contributed by atoms with Gasteiger partial charge in [-0.3, -0.25) is 4.79 Å². The summed E-state index contributed by atoms with van der Waals surface area (Å²) in [4.78, 5) is 20.7. The number of nitrogens with zero attached hydrogens (tertiary/aromatic N) is 1. The fourth-order valence-corrected chi connectivity index (χ4v) is 3.80. The highest BCUT2D eigenvalue weighted by molar-refractivity contribution is 7.98.